The molecule has 2 heterocycles. The molecule has 1 aromatic carbocycles. The van der Waals surface area contributed by atoms with E-state index < -0.39 is 57.7 Å². The van der Waals surface area contributed by atoms with Crippen LogP contribution in [-0.4, -0.2) is 89.0 Å². The summed E-state index contributed by atoms with van der Waals surface area (Å²) in [5.41, 5.74) is 7.35. The summed E-state index contributed by atoms with van der Waals surface area (Å²) in [6, 6.07) is -1.58. The molecule has 32 heavy (non-hydrogen) atoms. The highest BCUT2D eigenvalue weighted by atomic mass is 32.2. The normalized spacial score (nSPS) is 18.3. The summed E-state index contributed by atoms with van der Waals surface area (Å²) < 4.78 is 26.8. The average Bonchev–Trinajstić information content (AvgIpc) is 3.07. The monoisotopic (exact) mass is 471 g/mol. The first-order valence-corrected chi connectivity index (χ1v) is 10.3. The molecule has 2 aliphatic rings. The molecule has 0 radical (unpaired) electrons. The molecule has 0 unspecified atom stereocenters. The lowest BCUT2D eigenvalue weighted by Gasteiger charge is -2.33. The molecule has 2 aliphatic heterocycles. The van der Waals surface area contributed by atoms with E-state index in [4.69, 9.17) is 5.73 Å². The molecule has 0 saturated carbocycles. The van der Waals surface area contributed by atoms with Crippen molar-refractivity contribution in [3.05, 3.63) is 23.8 Å². The first kappa shape index (κ1) is 22.6. The highest BCUT2D eigenvalue weighted by Gasteiger charge is 2.41. The summed E-state index contributed by atoms with van der Waals surface area (Å²) in [6.07, 6.45) is 0. The minimum atomic E-state index is -4.78. The van der Waals surface area contributed by atoms with Crippen molar-refractivity contribution < 1.29 is 42.6 Å². The van der Waals surface area contributed by atoms with E-state index >= 15 is 0 Å². The number of imide groups is 2. The van der Waals surface area contributed by atoms with Gasteiger partial charge in [-0.25, -0.2) is 33.7 Å². The summed E-state index contributed by atoms with van der Waals surface area (Å²) in [7, 11) is -4.78. The second kappa shape index (κ2) is 8.19. The first-order chi connectivity index (χ1) is 14.9. The molecule has 17 heteroatoms. The lowest BCUT2D eigenvalue weighted by molar-refractivity contribution is -0.137. The van der Waals surface area contributed by atoms with Crippen LogP contribution in [-0.2, 0) is 15.0 Å². The van der Waals surface area contributed by atoms with Crippen molar-refractivity contribution in [1.82, 2.24) is 29.7 Å². The van der Waals surface area contributed by atoms with E-state index in [0.717, 1.165) is 17.1 Å². The predicted octanol–water partition coefficient (Wildman–Crippen LogP) is -2.69. The first-order valence-electron chi connectivity index (χ1n) is 8.77. The molecule has 0 aromatic heterocycles. The smallest absolute Gasteiger partial charge is 0.347 e. The fourth-order valence-electron chi connectivity index (χ4n) is 2.68. The molecule has 16 nitrogen and oxygen atoms in total. The van der Waals surface area contributed by atoms with Gasteiger partial charge in [0.1, 0.15) is 6.04 Å². The Kier molecular flexibility index (Phi) is 5.78. The Labute approximate surface area is 179 Å². The number of β-lactam (4-membered cyclic amide) rings is 1. The number of amides is 8. The Morgan fingerprint density at radius 1 is 1.00 bits per heavy atom. The molecule has 3 rings (SSSR count). The molecule has 2 saturated heterocycles. The van der Waals surface area contributed by atoms with E-state index in [1.165, 1.54) is 15.5 Å². The fraction of sp³-hybridized carbons (Fsp3) is 0.267. The van der Waals surface area contributed by atoms with Crippen LogP contribution in [0.5, 0.6) is 11.5 Å². The zero-order valence-corrected chi connectivity index (χ0v) is 16.8. The van der Waals surface area contributed by atoms with Crippen LogP contribution >= 0.6 is 0 Å². The van der Waals surface area contributed by atoms with Crippen molar-refractivity contribution >= 4 is 40.1 Å². The molecule has 7 N–H and O–H groups in total. The van der Waals surface area contributed by atoms with Crippen molar-refractivity contribution in [2.45, 2.75) is 6.04 Å². The number of nitrogens with one attached hydrogen (secondary N) is 3. The van der Waals surface area contributed by atoms with Gasteiger partial charge in [0.2, 0.25) is 5.91 Å². The number of rotatable bonds is 4. The number of hydrazine groups is 1. The number of phenols is 2. The molecule has 1 aromatic rings. The van der Waals surface area contributed by atoms with E-state index in [0.29, 0.717) is 9.80 Å². The van der Waals surface area contributed by atoms with Crippen LogP contribution < -0.4 is 20.6 Å². The van der Waals surface area contributed by atoms with E-state index in [9.17, 15) is 42.6 Å². The number of hydrogen-bond acceptors (Lipinski definition) is 10. The standard InChI is InChI=1S/C15H17N7O9S/c16-8-6-21(12(8)26)14(28)19-32(30,31)18-13(27)20-3-4-22(15(20)29)17-11(25)7-1-2-9(23)10(24)5-7/h1-2,5,8,23-24H,3-4,6,16H2,(H,17,25)(H,18,27)(H,19,28)/t8-/m0/s1. The Morgan fingerprint density at radius 2 is 1.62 bits per heavy atom. The number of urea groups is 3. The van der Waals surface area contributed by atoms with Crippen LogP contribution in [0.25, 0.3) is 0 Å². The maximum Gasteiger partial charge on any atom is 0.347 e. The summed E-state index contributed by atoms with van der Waals surface area (Å²) in [5.74, 6) is -2.68. The molecule has 172 valence electrons. The van der Waals surface area contributed by atoms with Gasteiger partial charge in [0.25, 0.3) is 5.91 Å². The number of phenolic OH excluding ortho intramolecular Hbond substituents is 2. The average molecular weight is 471 g/mol. The molecule has 0 spiro atoms. The van der Waals surface area contributed by atoms with E-state index in [-0.39, 0.29) is 25.2 Å². The number of hydrogen-bond donors (Lipinski definition) is 6. The zero-order chi connectivity index (χ0) is 23.8. The van der Waals surface area contributed by atoms with E-state index in [1.807, 2.05) is 0 Å². The third-order valence-electron chi connectivity index (χ3n) is 4.38. The molecule has 0 aliphatic carbocycles. The van der Waals surface area contributed by atoms with Gasteiger partial charge in [-0.15, -0.1) is 0 Å². The van der Waals surface area contributed by atoms with Crippen LogP contribution in [0.1, 0.15) is 10.4 Å². The van der Waals surface area contributed by atoms with Gasteiger partial charge in [-0.2, -0.15) is 8.42 Å². The van der Waals surface area contributed by atoms with Gasteiger partial charge in [0.05, 0.1) is 19.6 Å². The summed E-state index contributed by atoms with van der Waals surface area (Å²) in [5, 5.41) is 19.4. The summed E-state index contributed by atoms with van der Waals surface area (Å²) in [6.45, 7) is -0.713. The molecular formula is C15H17N7O9S. The highest BCUT2D eigenvalue weighted by molar-refractivity contribution is 7.88. The zero-order valence-electron chi connectivity index (χ0n) is 16.0. The van der Waals surface area contributed by atoms with Crippen LogP contribution in [0.4, 0.5) is 14.4 Å². The largest absolute Gasteiger partial charge is 0.504 e. The topological polar surface area (TPSA) is 232 Å². The number of nitrogens with two attached hydrogens (primary N) is 1. The molecule has 0 bridgehead atoms. The van der Waals surface area contributed by atoms with Crippen LogP contribution in [0.2, 0.25) is 0 Å². The third kappa shape index (κ3) is 4.47. The van der Waals surface area contributed by atoms with Gasteiger partial charge in [-0.3, -0.25) is 19.9 Å². The van der Waals surface area contributed by atoms with Gasteiger partial charge in [-0.1, -0.05) is 0 Å². The van der Waals surface area contributed by atoms with Gasteiger partial charge < -0.3 is 15.9 Å². The second-order valence-corrected chi connectivity index (χ2v) is 8.02. The molecule has 8 amide bonds. The van der Waals surface area contributed by atoms with Gasteiger partial charge >= 0.3 is 28.3 Å². The van der Waals surface area contributed by atoms with Crippen molar-refractivity contribution in [1.29, 1.82) is 0 Å². The number of likely N-dealkylation sites (tertiary alicyclic amines) is 1. The van der Waals surface area contributed by atoms with Gasteiger partial charge in [0.15, 0.2) is 11.5 Å². The Morgan fingerprint density at radius 3 is 2.19 bits per heavy atom. The summed E-state index contributed by atoms with van der Waals surface area (Å²) in [4.78, 5) is 60.8. The Hall–Kier alpha value is -4.12. The second-order valence-electron chi connectivity index (χ2n) is 6.60. The number of benzene rings is 1. The van der Waals surface area contributed by atoms with Crippen LogP contribution in [0.15, 0.2) is 18.2 Å². The number of nitrogens with zero attached hydrogens (tertiary/aromatic N) is 3. The van der Waals surface area contributed by atoms with E-state index in [2.05, 4.69) is 5.43 Å². The number of carbonyl (C=O) groups excluding carboxylic acids is 5. The maximum absolute atomic E-state index is 12.3. The minimum Gasteiger partial charge on any atom is -0.504 e. The Balaban J connectivity index is 1.57. The van der Waals surface area contributed by atoms with Crippen LogP contribution in [0.3, 0.4) is 0 Å². The van der Waals surface area contributed by atoms with Crippen molar-refractivity contribution in [2.24, 2.45) is 5.73 Å². The van der Waals surface area contributed by atoms with Crippen molar-refractivity contribution in [3.63, 3.8) is 0 Å². The molecule has 1 atom stereocenters. The van der Waals surface area contributed by atoms with Crippen molar-refractivity contribution in [2.75, 3.05) is 19.6 Å². The minimum absolute atomic E-state index is 0.110. The summed E-state index contributed by atoms with van der Waals surface area (Å²) >= 11 is 0. The van der Waals surface area contributed by atoms with Gasteiger partial charge in [-0.05, 0) is 18.2 Å². The fourth-order valence-corrected chi connectivity index (χ4v) is 3.41. The Bertz CT molecular complexity index is 1120. The SMILES string of the molecule is N[C@H]1CN(C(=O)NS(=O)(=O)NC(=O)N2CCN(NC(=O)c3ccc(O)c(O)c3)C2=O)C1=O. The molecular weight excluding hydrogens is 454 g/mol. The lowest BCUT2D eigenvalue weighted by Crippen LogP contribution is -2.66. The lowest BCUT2D eigenvalue weighted by atomic mass is 10.1. The quantitative estimate of drug-likeness (QED) is 0.197. The van der Waals surface area contributed by atoms with Crippen LogP contribution in [0, 0.1) is 0 Å². The number of aromatic hydroxyl groups is 2. The number of carbonyl (C=O) groups is 5. The van der Waals surface area contributed by atoms with E-state index in [1.54, 1.807) is 0 Å². The maximum atomic E-state index is 12.3. The molecule has 2 fully saturated rings. The third-order valence-corrected chi connectivity index (χ3v) is 5.27. The highest BCUT2D eigenvalue weighted by Crippen LogP contribution is 2.24. The predicted molar refractivity (Wildman–Crippen MR) is 102 cm³/mol. The van der Waals surface area contributed by atoms with Gasteiger partial charge in [0, 0.05) is 5.56 Å². The van der Waals surface area contributed by atoms with Crippen molar-refractivity contribution in [3.8, 4) is 11.5 Å².